The molecule has 0 aromatic carbocycles. The molecule has 0 amide bonds. The fourth-order valence-corrected chi connectivity index (χ4v) is 1.63. The summed E-state index contributed by atoms with van der Waals surface area (Å²) in [6.07, 6.45) is 4.38. The van der Waals surface area contributed by atoms with Crippen molar-refractivity contribution in [3.63, 3.8) is 0 Å². The summed E-state index contributed by atoms with van der Waals surface area (Å²) >= 11 is 3.50. The Morgan fingerprint density at radius 1 is 1.55 bits per heavy atom. The minimum atomic E-state index is 0.689. The summed E-state index contributed by atoms with van der Waals surface area (Å²) < 4.78 is 0. The van der Waals surface area contributed by atoms with E-state index in [-0.39, 0.29) is 0 Å². The average Bonchev–Trinajstić information content (AvgIpc) is 2.81. The van der Waals surface area contributed by atoms with Gasteiger partial charge in [-0.25, -0.2) is 0 Å². The second kappa shape index (κ2) is 4.46. The van der Waals surface area contributed by atoms with Gasteiger partial charge >= 0.3 is 0 Å². The van der Waals surface area contributed by atoms with Crippen LogP contribution in [-0.4, -0.2) is 29.9 Å². The van der Waals surface area contributed by atoms with E-state index in [1.54, 1.807) is 0 Å². The second-order valence-corrected chi connectivity index (χ2v) is 4.36. The molecule has 0 aromatic heterocycles. The van der Waals surface area contributed by atoms with Gasteiger partial charge in [0.15, 0.2) is 0 Å². The summed E-state index contributed by atoms with van der Waals surface area (Å²) in [7, 11) is 2.22. The smallest absolute Gasteiger partial charge is 0.0185 e. The fraction of sp³-hybridized carbons (Fsp3) is 1.00. The van der Waals surface area contributed by atoms with E-state index in [0.717, 1.165) is 11.2 Å². The van der Waals surface area contributed by atoms with Gasteiger partial charge in [0.2, 0.25) is 0 Å². The Labute approximate surface area is 78.3 Å². The number of hydrogen-bond acceptors (Lipinski definition) is 1. The van der Waals surface area contributed by atoms with Gasteiger partial charge in [-0.2, -0.15) is 0 Å². The Bertz CT molecular complexity index is 112. The molecule has 0 aliphatic heterocycles. The molecular weight excluding hydrogens is 202 g/mol. The third kappa shape index (κ3) is 3.57. The Morgan fingerprint density at radius 3 is 2.64 bits per heavy atom. The van der Waals surface area contributed by atoms with Crippen LogP contribution in [0.15, 0.2) is 0 Å². The minimum Gasteiger partial charge on any atom is -0.303 e. The van der Waals surface area contributed by atoms with Crippen molar-refractivity contribution in [2.45, 2.75) is 32.2 Å². The first-order valence-corrected chi connectivity index (χ1v) is 5.62. The molecule has 0 heterocycles. The number of alkyl halides is 1. The van der Waals surface area contributed by atoms with Crippen LogP contribution in [0.3, 0.4) is 0 Å². The zero-order valence-corrected chi connectivity index (χ0v) is 9.10. The lowest BCUT2D eigenvalue weighted by Gasteiger charge is -2.22. The van der Waals surface area contributed by atoms with Gasteiger partial charge in [0.1, 0.15) is 0 Å². The van der Waals surface area contributed by atoms with Crippen LogP contribution in [0.1, 0.15) is 26.2 Å². The van der Waals surface area contributed by atoms with E-state index in [1.807, 2.05) is 0 Å². The van der Waals surface area contributed by atoms with Crippen molar-refractivity contribution >= 4 is 15.9 Å². The predicted octanol–water partition coefficient (Wildman–Crippen LogP) is 2.50. The van der Waals surface area contributed by atoms with Gasteiger partial charge in [0.05, 0.1) is 0 Å². The molecular formula is C9H18BrN. The van der Waals surface area contributed by atoms with Crippen molar-refractivity contribution in [3.8, 4) is 0 Å². The second-order valence-electron chi connectivity index (χ2n) is 3.72. The van der Waals surface area contributed by atoms with Gasteiger partial charge < -0.3 is 4.90 Å². The first-order chi connectivity index (χ1) is 5.24. The number of nitrogens with zero attached hydrogens (tertiary/aromatic N) is 1. The van der Waals surface area contributed by atoms with Gasteiger partial charge in [-0.3, -0.25) is 0 Å². The SMILES string of the molecule is CC(CBr)N(C)CCC1CC1. The Hall–Kier alpha value is 0.440. The largest absolute Gasteiger partial charge is 0.303 e. The maximum absolute atomic E-state index is 3.50. The normalized spacial score (nSPS) is 20.7. The molecule has 1 fully saturated rings. The van der Waals surface area contributed by atoms with Crippen LogP contribution in [0.2, 0.25) is 0 Å². The zero-order chi connectivity index (χ0) is 8.27. The Kier molecular flexibility index (Phi) is 3.86. The lowest BCUT2D eigenvalue weighted by Crippen LogP contribution is -2.31. The van der Waals surface area contributed by atoms with E-state index in [2.05, 4.69) is 34.8 Å². The van der Waals surface area contributed by atoms with Crippen molar-refractivity contribution in [3.05, 3.63) is 0 Å². The molecule has 2 heteroatoms. The summed E-state index contributed by atoms with van der Waals surface area (Å²) in [5.74, 6) is 1.07. The molecule has 0 saturated heterocycles. The molecule has 0 aromatic rings. The zero-order valence-electron chi connectivity index (χ0n) is 7.52. The highest BCUT2D eigenvalue weighted by Gasteiger charge is 2.21. The van der Waals surface area contributed by atoms with E-state index in [4.69, 9.17) is 0 Å². The number of rotatable bonds is 5. The predicted molar refractivity (Wildman–Crippen MR) is 53.2 cm³/mol. The van der Waals surface area contributed by atoms with Crippen LogP contribution < -0.4 is 0 Å². The van der Waals surface area contributed by atoms with Crippen LogP contribution in [0.5, 0.6) is 0 Å². The van der Waals surface area contributed by atoms with Gasteiger partial charge in [-0.05, 0) is 32.9 Å². The van der Waals surface area contributed by atoms with Crippen molar-refractivity contribution in [2.24, 2.45) is 5.92 Å². The molecule has 1 aliphatic rings. The number of hydrogen-bond donors (Lipinski definition) is 0. The molecule has 11 heavy (non-hydrogen) atoms. The molecule has 0 spiro atoms. The molecule has 1 atom stereocenters. The summed E-state index contributed by atoms with van der Waals surface area (Å²) in [6, 6.07) is 0.689. The summed E-state index contributed by atoms with van der Waals surface area (Å²) in [5.41, 5.74) is 0. The minimum absolute atomic E-state index is 0.689. The van der Waals surface area contributed by atoms with Crippen molar-refractivity contribution in [2.75, 3.05) is 18.9 Å². The third-order valence-electron chi connectivity index (χ3n) is 2.56. The van der Waals surface area contributed by atoms with Crippen LogP contribution >= 0.6 is 15.9 Å². The van der Waals surface area contributed by atoms with Crippen LogP contribution in [-0.2, 0) is 0 Å². The van der Waals surface area contributed by atoms with Gasteiger partial charge in [-0.1, -0.05) is 28.8 Å². The molecule has 1 saturated carbocycles. The van der Waals surface area contributed by atoms with Crippen LogP contribution in [0.4, 0.5) is 0 Å². The van der Waals surface area contributed by atoms with Crippen molar-refractivity contribution < 1.29 is 0 Å². The molecule has 1 nitrogen and oxygen atoms in total. The fourth-order valence-electron chi connectivity index (χ4n) is 1.13. The van der Waals surface area contributed by atoms with E-state index in [1.165, 1.54) is 25.8 Å². The van der Waals surface area contributed by atoms with Gasteiger partial charge in [0.25, 0.3) is 0 Å². The van der Waals surface area contributed by atoms with E-state index in [0.29, 0.717) is 6.04 Å². The maximum Gasteiger partial charge on any atom is 0.0185 e. The molecule has 0 N–H and O–H groups in total. The summed E-state index contributed by atoms with van der Waals surface area (Å²) in [4.78, 5) is 2.44. The molecule has 66 valence electrons. The highest BCUT2D eigenvalue weighted by Crippen LogP contribution is 2.32. The quantitative estimate of drug-likeness (QED) is 0.643. The van der Waals surface area contributed by atoms with Crippen LogP contribution in [0, 0.1) is 5.92 Å². The Balaban J connectivity index is 2.03. The van der Waals surface area contributed by atoms with Gasteiger partial charge in [-0.15, -0.1) is 0 Å². The molecule has 1 rings (SSSR count). The van der Waals surface area contributed by atoms with Gasteiger partial charge in [0, 0.05) is 11.4 Å². The third-order valence-corrected chi connectivity index (χ3v) is 3.50. The van der Waals surface area contributed by atoms with E-state index in [9.17, 15) is 0 Å². The highest BCUT2D eigenvalue weighted by atomic mass is 79.9. The van der Waals surface area contributed by atoms with Crippen molar-refractivity contribution in [1.29, 1.82) is 0 Å². The topological polar surface area (TPSA) is 3.24 Å². The van der Waals surface area contributed by atoms with E-state index < -0.39 is 0 Å². The standard InChI is InChI=1S/C9H18BrN/c1-8(7-10)11(2)6-5-9-3-4-9/h8-9H,3-7H2,1-2H3. The number of halogens is 1. The van der Waals surface area contributed by atoms with E-state index >= 15 is 0 Å². The summed E-state index contributed by atoms with van der Waals surface area (Å²) in [6.45, 7) is 3.54. The molecule has 0 radical (unpaired) electrons. The first kappa shape index (κ1) is 9.53. The molecule has 1 unspecified atom stereocenters. The monoisotopic (exact) mass is 219 g/mol. The van der Waals surface area contributed by atoms with Crippen LogP contribution in [0.25, 0.3) is 0 Å². The lowest BCUT2D eigenvalue weighted by molar-refractivity contribution is 0.270. The van der Waals surface area contributed by atoms with Crippen molar-refractivity contribution in [1.82, 2.24) is 4.90 Å². The average molecular weight is 220 g/mol. The first-order valence-electron chi connectivity index (χ1n) is 4.50. The molecule has 1 aliphatic carbocycles. The lowest BCUT2D eigenvalue weighted by atomic mass is 10.2. The Morgan fingerprint density at radius 2 is 2.18 bits per heavy atom. The summed E-state index contributed by atoms with van der Waals surface area (Å²) in [5, 5.41) is 1.09. The highest BCUT2D eigenvalue weighted by molar-refractivity contribution is 9.09. The maximum atomic E-state index is 3.50. The molecule has 0 bridgehead atoms.